The smallest absolute Gasteiger partial charge is 0.307 e. The average Bonchev–Trinajstić information content (AvgIpc) is 3.56. The third-order valence-electron chi connectivity index (χ3n) is 8.82. The number of carboxylic acid groups (broad SMARTS) is 1. The van der Waals surface area contributed by atoms with Crippen LogP contribution in [0.15, 0.2) is 30.7 Å². The summed E-state index contributed by atoms with van der Waals surface area (Å²) in [4.78, 5) is 51.4. The fraction of sp³-hybridized carbons (Fsp3) is 0.500. The van der Waals surface area contributed by atoms with Crippen molar-refractivity contribution in [1.29, 1.82) is 0 Å². The van der Waals surface area contributed by atoms with Gasteiger partial charge in [-0.3, -0.25) is 14.4 Å². The zero-order chi connectivity index (χ0) is 28.7. The molecule has 1 aromatic carbocycles. The van der Waals surface area contributed by atoms with Crippen LogP contribution in [0, 0.1) is 11.8 Å². The van der Waals surface area contributed by atoms with E-state index in [1.807, 2.05) is 29.8 Å². The van der Waals surface area contributed by atoms with E-state index in [0.29, 0.717) is 56.1 Å². The summed E-state index contributed by atoms with van der Waals surface area (Å²) in [6.07, 6.45) is 7.95. The van der Waals surface area contributed by atoms with Crippen LogP contribution in [0.3, 0.4) is 0 Å². The number of likely N-dealkylation sites (tertiary alicyclic amines) is 1. The summed E-state index contributed by atoms with van der Waals surface area (Å²) in [7, 11) is 1.89. The van der Waals surface area contributed by atoms with Crippen LogP contribution in [0.5, 0.6) is 5.75 Å². The second-order valence-corrected chi connectivity index (χ2v) is 11.8. The van der Waals surface area contributed by atoms with E-state index in [0.717, 1.165) is 47.1 Å². The van der Waals surface area contributed by atoms with E-state index in [9.17, 15) is 19.5 Å². The molecule has 2 aliphatic heterocycles. The third kappa shape index (κ3) is 5.25. The van der Waals surface area contributed by atoms with Crippen LogP contribution in [0.25, 0.3) is 11.2 Å². The molecule has 216 valence electrons. The third-order valence-corrected chi connectivity index (χ3v) is 9.18. The van der Waals surface area contributed by atoms with Crippen molar-refractivity contribution in [3.05, 3.63) is 52.4 Å². The Morgan fingerprint density at radius 3 is 2.66 bits per heavy atom. The highest BCUT2D eigenvalue weighted by molar-refractivity contribution is 6.31. The molecule has 11 heteroatoms. The molecule has 0 spiro atoms. The maximum absolute atomic E-state index is 14.1. The van der Waals surface area contributed by atoms with E-state index in [4.69, 9.17) is 16.3 Å². The molecule has 2 aromatic heterocycles. The molecule has 6 rings (SSSR count). The maximum atomic E-state index is 14.1. The lowest BCUT2D eigenvalue weighted by Crippen LogP contribution is -2.50. The SMILES string of the molecule is Cn1cnc2cc(COc3ccc(Cl)c4c3[C@@H](CN3CCCC3=O)N(C(=O)[C@@H]3CCCC[C@@H]3C(=O)O)CC4)cnc21. The van der Waals surface area contributed by atoms with Crippen molar-refractivity contribution in [3.8, 4) is 5.75 Å². The largest absolute Gasteiger partial charge is 0.488 e. The monoisotopic (exact) mass is 579 g/mol. The Morgan fingerprint density at radius 1 is 1.10 bits per heavy atom. The fourth-order valence-electron chi connectivity index (χ4n) is 6.70. The van der Waals surface area contributed by atoms with Crippen molar-refractivity contribution in [2.75, 3.05) is 19.6 Å². The number of amides is 2. The molecule has 1 saturated carbocycles. The van der Waals surface area contributed by atoms with Crippen molar-refractivity contribution in [1.82, 2.24) is 24.3 Å². The number of hydrogen-bond acceptors (Lipinski definition) is 6. The second-order valence-electron chi connectivity index (χ2n) is 11.3. The molecule has 10 nitrogen and oxygen atoms in total. The topological polar surface area (TPSA) is 118 Å². The minimum Gasteiger partial charge on any atom is -0.488 e. The number of carbonyl (C=O) groups is 3. The highest BCUT2D eigenvalue weighted by atomic mass is 35.5. The van der Waals surface area contributed by atoms with E-state index in [1.54, 1.807) is 22.3 Å². The zero-order valence-corrected chi connectivity index (χ0v) is 23.8. The van der Waals surface area contributed by atoms with Crippen LogP contribution in [-0.4, -0.2) is 66.9 Å². The summed E-state index contributed by atoms with van der Waals surface area (Å²) in [6.45, 7) is 1.59. The molecular formula is C30H34ClN5O5. The minimum atomic E-state index is -0.919. The first-order valence-corrected chi connectivity index (χ1v) is 14.7. The lowest BCUT2D eigenvalue weighted by atomic mass is 9.77. The number of hydrogen-bond donors (Lipinski definition) is 1. The Bertz CT molecular complexity index is 1510. The first-order chi connectivity index (χ1) is 19.8. The van der Waals surface area contributed by atoms with Gasteiger partial charge in [0.05, 0.1) is 24.2 Å². The van der Waals surface area contributed by atoms with Gasteiger partial charge in [0.1, 0.15) is 17.9 Å². The lowest BCUT2D eigenvalue weighted by molar-refractivity contribution is -0.154. The van der Waals surface area contributed by atoms with Crippen molar-refractivity contribution in [2.45, 2.75) is 57.6 Å². The van der Waals surface area contributed by atoms with Crippen LogP contribution in [0.1, 0.15) is 61.3 Å². The van der Waals surface area contributed by atoms with Gasteiger partial charge < -0.3 is 24.2 Å². The maximum Gasteiger partial charge on any atom is 0.307 e. The zero-order valence-electron chi connectivity index (χ0n) is 23.1. The molecule has 3 aromatic rings. The average molecular weight is 580 g/mol. The van der Waals surface area contributed by atoms with Crippen molar-refractivity contribution in [3.63, 3.8) is 0 Å². The molecule has 41 heavy (non-hydrogen) atoms. The van der Waals surface area contributed by atoms with Crippen molar-refractivity contribution in [2.24, 2.45) is 18.9 Å². The van der Waals surface area contributed by atoms with Gasteiger partial charge in [0.2, 0.25) is 11.8 Å². The molecule has 0 unspecified atom stereocenters. The Labute approximate surface area is 243 Å². The number of aromatic nitrogens is 3. The summed E-state index contributed by atoms with van der Waals surface area (Å²) in [5.41, 5.74) is 4.10. The number of ether oxygens (including phenoxy) is 1. The van der Waals surface area contributed by atoms with Crippen molar-refractivity contribution >= 4 is 40.5 Å². The van der Waals surface area contributed by atoms with E-state index >= 15 is 0 Å². The first kappa shape index (κ1) is 27.5. The number of imidazole rings is 1. The van der Waals surface area contributed by atoms with E-state index in [2.05, 4.69) is 9.97 Å². The van der Waals surface area contributed by atoms with Crippen LogP contribution in [-0.2, 0) is 34.5 Å². The van der Waals surface area contributed by atoms with E-state index in [1.165, 1.54) is 0 Å². The van der Waals surface area contributed by atoms with Gasteiger partial charge in [-0.15, -0.1) is 0 Å². The molecule has 0 bridgehead atoms. The van der Waals surface area contributed by atoms with Crippen molar-refractivity contribution < 1.29 is 24.2 Å². The molecule has 1 saturated heterocycles. The number of aryl methyl sites for hydroxylation is 1. The number of halogens is 1. The first-order valence-electron chi connectivity index (χ1n) is 14.3. The lowest BCUT2D eigenvalue weighted by Gasteiger charge is -2.43. The predicted octanol–water partition coefficient (Wildman–Crippen LogP) is 4.14. The molecule has 4 heterocycles. The molecule has 0 radical (unpaired) electrons. The summed E-state index contributed by atoms with van der Waals surface area (Å²) in [5.74, 6) is -1.70. The van der Waals surface area contributed by atoms with E-state index in [-0.39, 0.29) is 18.4 Å². The molecule has 3 aliphatic rings. The van der Waals surface area contributed by atoms with Crippen LogP contribution >= 0.6 is 11.6 Å². The number of aliphatic carboxylic acids is 1. The number of carbonyl (C=O) groups excluding carboxylic acids is 2. The van der Waals surface area contributed by atoms with Gasteiger partial charge in [0, 0.05) is 55.4 Å². The van der Waals surface area contributed by atoms with E-state index < -0.39 is 23.8 Å². The van der Waals surface area contributed by atoms with Gasteiger partial charge in [-0.1, -0.05) is 24.4 Å². The van der Waals surface area contributed by atoms with Gasteiger partial charge in [-0.2, -0.15) is 0 Å². The Balaban J connectivity index is 1.35. The normalized spacial score (nSPS) is 22.7. The van der Waals surface area contributed by atoms with Gasteiger partial charge >= 0.3 is 5.97 Å². The summed E-state index contributed by atoms with van der Waals surface area (Å²) in [5, 5.41) is 10.5. The Hall–Kier alpha value is -3.66. The van der Waals surface area contributed by atoms with Gasteiger partial charge in [-0.05, 0) is 49.4 Å². The summed E-state index contributed by atoms with van der Waals surface area (Å²) in [6, 6.07) is 5.08. The minimum absolute atomic E-state index is 0.0600. The molecule has 2 fully saturated rings. The van der Waals surface area contributed by atoms with Crippen LogP contribution < -0.4 is 4.74 Å². The fourth-order valence-corrected chi connectivity index (χ4v) is 6.96. The number of nitrogens with zero attached hydrogens (tertiary/aromatic N) is 5. The number of rotatable bonds is 7. The number of fused-ring (bicyclic) bond motifs is 2. The quantitative estimate of drug-likeness (QED) is 0.447. The molecule has 1 N–H and O–H groups in total. The number of benzene rings is 1. The standard InChI is InChI=1S/C30H34ClN5O5/c1-34-17-33-23-13-18(14-32-28(23)34)16-41-25-9-8-22(31)21-10-12-36(24(27(21)25)15-35-11-4-7-26(35)37)29(38)19-5-2-3-6-20(19)30(39)40/h8-9,13-14,17,19-20,24H,2-7,10-12,15-16H2,1H3,(H,39,40)/t19-,20+,24-/m1/s1. The highest BCUT2D eigenvalue weighted by Gasteiger charge is 2.43. The molecule has 1 aliphatic carbocycles. The summed E-state index contributed by atoms with van der Waals surface area (Å²) < 4.78 is 8.24. The Kier molecular flexibility index (Phi) is 7.59. The van der Waals surface area contributed by atoms with Gasteiger partial charge in [0.15, 0.2) is 5.65 Å². The predicted molar refractivity (Wildman–Crippen MR) is 151 cm³/mol. The van der Waals surface area contributed by atoms with Gasteiger partial charge in [0.25, 0.3) is 0 Å². The molecule has 3 atom stereocenters. The van der Waals surface area contributed by atoms with Gasteiger partial charge in [-0.25, -0.2) is 9.97 Å². The molecule has 2 amide bonds. The Morgan fingerprint density at radius 2 is 1.90 bits per heavy atom. The van der Waals surface area contributed by atoms with Crippen LogP contribution in [0.2, 0.25) is 5.02 Å². The summed E-state index contributed by atoms with van der Waals surface area (Å²) >= 11 is 6.71. The number of carboxylic acids is 1. The molecular weight excluding hydrogens is 546 g/mol. The van der Waals surface area contributed by atoms with Crippen LogP contribution in [0.4, 0.5) is 0 Å². The highest BCUT2D eigenvalue weighted by Crippen LogP contribution is 2.43. The second kappa shape index (κ2) is 11.3. The number of pyridine rings is 1.